The first-order chi connectivity index (χ1) is 14.4. The molecule has 2 amide bonds. The van der Waals surface area contributed by atoms with Crippen molar-refractivity contribution in [3.05, 3.63) is 34.4 Å². The van der Waals surface area contributed by atoms with Crippen LogP contribution in [0.1, 0.15) is 16.7 Å². The van der Waals surface area contributed by atoms with E-state index < -0.39 is 11.8 Å². The summed E-state index contributed by atoms with van der Waals surface area (Å²) in [5.74, 6) is -0.351. The number of hydrogen-bond donors (Lipinski definition) is 4. The predicted molar refractivity (Wildman–Crippen MR) is 112 cm³/mol. The topological polar surface area (TPSA) is 126 Å². The van der Waals surface area contributed by atoms with Gasteiger partial charge in [0.05, 0.1) is 46.8 Å². The van der Waals surface area contributed by atoms with Crippen LogP contribution in [0.2, 0.25) is 0 Å². The van der Waals surface area contributed by atoms with Crippen molar-refractivity contribution in [3.8, 4) is 5.75 Å². The molecule has 0 aromatic heterocycles. The minimum Gasteiger partial charge on any atom is -0.496 e. The van der Waals surface area contributed by atoms with Gasteiger partial charge in [0, 0.05) is 13.1 Å². The van der Waals surface area contributed by atoms with Crippen molar-refractivity contribution in [1.29, 1.82) is 0 Å². The minimum atomic E-state index is -0.538. The number of methoxy groups -OCH3 is 1. The summed E-state index contributed by atoms with van der Waals surface area (Å²) in [7, 11) is 1.58. The average Bonchev–Trinajstić information content (AvgIpc) is 2.73. The Morgan fingerprint density at radius 3 is 1.90 bits per heavy atom. The summed E-state index contributed by atoms with van der Waals surface area (Å²) in [5, 5.41) is 22.7. The molecule has 0 heterocycles. The first kappa shape index (κ1) is 25.6. The quantitative estimate of drug-likeness (QED) is 0.143. The molecule has 9 nitrogen and oxygen atoms in total. The molecule has 0 atom stereocenters. The van der Waals surface area contributed by atoms with E-state index in [1.165, 1.54) is 6.08 Å². The van der Waals surface area contributed by atoms with Gasteiger partial charge >= 0.3 is 0 Å². The van der Waals surface area contributed by atoms with Crippen molar-refractivity contribution in [1.82, 2.24) is 10.6 Å². The first-order valence-corrected chi connectivity index (χ1v) is 9.75. The second kappa shape index (κ2) is 14.5. The molecule has 0 aliphatic rings. The Hall–Kier alpha value is -2.46. The molecule has 0 aliphatic carbocycles. The predicted octanol–water partition coefficient (Wildman–Crippen LogP) is -0.0544. The number of carbonyl (C=O) groups is 2. The van der Waals surface area contributed by atoms with Gasteiger partial charge in [0.1, 0.15) is 11.3 Å². The lowest BCUT2D eigenvalue weighted by atomic mass is 10.0. The van der Waals surface area contributed by atoms with Gasteiger partial charge in [0.15, 0.2) is 0 Å². The number of amides is 2. The average molecular weight is 424 g/mol. The van der Waals surface area contributed by atoms with Gasteiger partial charge in [0.2, 0.25) is 0 Å². The van der Waals surface area contributed by atoms with E-state index in [4.69, 9.17) is 24.4 Å². The summed E-state index contributed by atoms with van der Waals surface area (Å²) in [6, 6.07) is 3.70. The molecule has 0 fully saturated rings. The number of rotatable bonds is 14. The second-order valence-corrected chi connectivity index (χ2v) is 6.42. The molecule has 1 aromatic rings. The molecular formula is C21H32N2O7. The Kier molecular flexibility index (Phi) is 12.4. The number of benzene rings is 1. The van der Waals surface area contributed by atoms with E-state index in [2.05, 4.69) is 10.6 Å². The van der Waals surface area contributed by atoms with Crippen LogP contribution in [0.3, 0.4) is 0 Å². The molecule has 1 aromatic carbocycles. The molecular weight excluding hydrogens is 392 g/mol. The zero-order valence-electron chi connectivity index (χ0n) is 17.8. The lowest BCUT2D eigenvalue weighted by Gasteiger charge is -2.13. The van der Waals surface area contributed by atoms with Crippen molar-refractivity contribution in [2.45, 2.75) is 13.8 Å². The van der Waals surface area contributed by atoms with Gasteiger partial charge < -0.3 is 35.1 Å². The highest BCUT2D eigenvalue weighted by Gasteiger charge is 2.19. The van der Waals surface area contributed by atoms with E-state index in [-0.39, 0.29) is 58.3 Å². The van der Waals surface area contributed by atoms with Crippen LogP contribution in [-0.2, 0) is 19.1 Å². The molecule has 9 heteroatoms. The second-order valence-electron chi connectivity index (χ2n) is 6.42. The zero-order chi connectivity index (χ0) is 22.4. The van der Waals surface area contributed by atoms with E-state index in [9.17, 15) is 9.59 Å². The number of aryl methyl sites for hydroxylation is 2. The summed E-state index contributed by atoms with van der Waals surface area (Å²) in [6.07, 6.45) is 1.54. The van der Waals surface area contributed by atoms with Crippen molar-refractivity contribution in [3.63, 3.8) is 0 Å². The number of aliphatic hydroxyl groups is 2. The fourth-order valence-corrected chi connectivity index (χ4v) is 2.57. The molecule has 0 radical (unpaired) electrons. The number of hydrogen-bond acceptors (Lipinski definition) is 7. The van der Waals surface area contributed by atoms with Gasteiger partial charge in [-0.3, -0.25) is 9.59 Å². The largest absolute Gasteiger partial charge is 0.496 e. The van der Waals surface area contributed by atoms with E-state index in [1.807, 2.05) is 26.0 Å². The van der Waals surface area contributed by atoms with Crippen LogP contribution in [-0.4, -0.2) is 81.9 Å². The Morgan fingerprint density at radius 2 is 1.43 bits per heavy atom. The zero-order valence-corrected chi connectivity index (χ0v) is 17.8. The van der Waals surface area contributed by atoms with Gasteiger partial charge in [-0.1, -0.05) is 0 Å². The summed E-state index contributed by atoms with van der Waals surface area (Å²) < 4.78 is 15.5. The standard InChI is InChI=1S/C21H32N2O7/c1-15-13-19(28-3)16(2)12-17(15)14-18(20(26)22-4-8-29-10-6-24)21(27)23-5-9-30-11-7-25/h12-14,24-25H,4-11H2,1-3H3,(H,22,26)(H,23,27). The van der Waals surface area contributed by atoms with E-state index >= 15 is 0 Å². The molecule has 0 saturated heterocycles. The molecule has 30 heavy (non-hydrogen) atoms. The Morgan fingerprint density at radius 1 is 0.900 bits per heavy atom. The highest BCUT2D eigenvalue weighted by Crippen LogP contribution is 2.24. The third-order valence-electron chi connectivity index (χ3n) is 4.11. The van der Waals surface area contributed by atoms with Gasteiger partial charge in [0.25, 0.3) is 11.8 Å². The van der Waals surface area contributed by atoms with Gasteiger partial charge in [-0.05, 0) is 48.7 Å². The highest BCUT2D eigenvalue weighted by molar-refractivity contribution is 6.21. The van der Waals surface area contributed by atoms with Crippen LogP contribution in [0, 0.1) is 13.8 Å². The molecule has 0 unspecified atom stereocenters. The summed E-state index contributed by atoms with van der Waals surface area (Å²) in [6.45, 7) is 4.74. The Bertz CT molecular complexity index is 692. The number of nitrogens with one attached hydrogen (secondary N) is 2. The molecule has 0 bridgehead atoms. The van der Waals surface area contributed by atoms with Crippen molar-refractivity contribution in [2.75, 3.05) is 59.8 Å². The van der Waals surface area contributed by atoms with Crippen molar-refractivity contribution >= 4 is 17.9 Å². The van der Waals surface area contributed by atoms with E-state index in [0.717, 1.165) is 22.4 Å². The third kappa shape index (κ3) is 8.91. The maximum absolute atomic E-state index is 12.6. The maximum Gasteiger partial charge on any atom is 0.256 e. The van der Waals surface area contributed by atoms with Crippen LogP contribution in [0.4, 0.5) is 0 Å². The first-order valence-electron chi connectivity index (χ1n) is 9.75. The molecule has 168 valence electrons. The lowest BCUT2D eigenvalue weighted by Crippen LogP contribution is -2.37. The Labute approximate surface area is 177 Å². The third-order valence-corrected chi connectivity index (χ3v) is 4.11. The Balaban J connectivity index is 2.96. The van der Waals surface area contributed by atoms with Gasteiger partial charge in [-0.2, -0.15) is 0 Å². The molecule has 4 N–H and O–H groups in total. The van der Waals surface area contributed by atoms with Crippen molar-refractivity contribution in [2.24, 2.45) is 0 Å². The lowest BCUT2D eigenvalue weighted by molar-refractivity contribution is -0.123. The number of carbonyl (C=O) groups excluding carboxylic acids is 2. The van der Waals surface area contributed by atoms with Gasteiger partial charge in [-0.15, -0.1) is 0 Å². The molecule has 0 aliphatic heterocycles. The van der Waals surface area contributed by atoms with Crippen LogP contribution < -0.4 is 15.4 Å². The molecule has 0 saturated carbocycles. The maximum atomic E-state index is 12.6. The van der Waals surface area contributed by atoms with Crippen LogP contribution in [0.5, 0.6) is 5.75 Å². The van der Waals surface area contributed by atoms with E-state index in [0.29, 0.717) is 0 Å². The fraction of sp³-hybridized carbons (Fsp3) is 0.524. The number of ether oxygens (including phenoxy) is 3. The van der Waals surface area contributed by atoms with Crippen LogP contribution >= 0.6 is 0 Å². The summed E-state index contributed by atoms with van der Waals surface area (Å²) in [5.41, 5.74) is 2.41. The van der Waals surface area contributed by atoms with Crippen LogP contribution in [0.15, 0.2) is 17.7 Å². The number of aliphatic hydroxyl groups excluding tert-OH is 2. The molecule has 0 spiro atoms. The minimum absolute atomic E-state index is 0.0491. The summed E-state index contributed by atoms with van der Waals surface area (Å²) in [4.78, 5) is 25.3. The smallest absolute Gasteiger partial charge is 0.256 e. The fourth-order valence-electron chi connectivity index (χ4n) is 2.57. The van der Waals surface area contributed by atoms with Crippen LogP contribution in [0.25, 0.3) is 6.08 Å². The molecule has 1 rings (SSSR count). The SMILES string of the molecule is COc1cc(C)c(C=C(C(=O)NCCOCCO)C(=O)NCCOCCO)cc1C. The monoisotopic (exact) mass is 424 g/mol. The van der Waals surface area contributed by atoms with Gasteiger partial charge in [-0.25, -0.2) is 0 Å². The highest BCUT2D eigenvalue weighted by atomic mass is 16.5. The van der Waals surface area contributed by atoms with E-state index in [1.54, 1.807) is 7.11 Å². The normalized spacial score (nSPS) is 10.4. The summed E-state index contributed by atoms with van der Waals surface area (Å²) >= 11 is 0. The van der Waals surface area contributed by atoms with Crippen molar-refractivity contribution < 1.29 is 34.0 Å².